The molecule has 0 aromatic heterocycles. The molecule has 22 heteroatoms. The van der Waals surface area contributed by atoms with Crippen molar-refractivity contribution in [1.29, 1.82) is 0 Å². The van der Waals surface area contributed by atoms with Crippen LogP contribution in [0.3, 0.4) is 0 Å². The summed E-state index contributed by atoms with van der Waals surface area (Å²) in [7, 11) is 1.34. The van der Waals surface area contributed by atoms with E-state index in [4.69, 9.17) is 29.4 Å². The van der Waals surface area contributed by atoms with E-state index in [0.29, 0.717) is 50.2 Å². The minimum atomic E-state index is -0.807. The molecule has 0 heterocycles. The Morgan fingerprint density at radius 3 is 1.56 bits per heavy atom. The van der Waals surface area contributed by atoms with Crippen LogP contribution in [0.4, 0.5) is 28.8 Å². The van der Waals surface area contributed by atoms with E-state index in [9.17, 15) is 28.8 Å². The van der Waals surface area contributed by atoms with Crippen LogP contribution in [-0.2, 0) is 28.4 Å². The Balaban J connectivity index is 0.000000606. The number of hydrazine groups is 1. The molecule has 472 valence electrons. The van der Waals surface area contributed by atoms with E-state index in [-0.39, 0.29) is 71.8 Å². The van der Waals surface area contributed by atoms with Crippen LogP contribution in [-0.4, -0.2) is 155 Å². The number of nitrogens with one attached hydrogen (secondary N) is 6. The molecule has 3 aliphatic carbocycles. The topological polar surface area (TPSA) is 259 Å². The largest absolute Gasteiger partial charge is 0.453 e. The molecule has 0 aromatic carbocycles. The highest BCUT2D eigenvalue weighted by molar-refractivity contribution is 8.02. The number of carbonyl (C=O) groups excluding carboxylic acids is 6. The van der Waals surface area contributed by atoms with Crippen molar-refractivity contribution >= 4 is 60.1 Å². The maximum absolute atomic E-state index is 12.5. The molecule has 8 N–H and O–H groups in total. The first-order chi connectivity index (χ1) is 37.7. The van der Waals surface area contributed by atoms with E-state index in [1.54, 1.807) is 0 Å². The van der Waals surface area contributed by atoms with Gasteiger partial charge in [-0.25, -0.2) is 34.2 Å². The second-order valence-electron chi connectivity index (χ2n) is 27.4. The van der Waals surface area contributed by atoms with Gasteiger partial charge < -0.3 is 55.4 Å². The predicted octanol–water partition coefficient (Wildman–Crippen LogP) is 11.4. The summed E-state index contributed by atoms with van der Waals surface area (Å²) in [5.41, 5.74) is 10.8. The molecule has 0 spiro atoms. The minimum absolute atomic E-state index is 0.00616. The maximum atomic E-state index is 12.5. The number of nitrogens with zero attached hydrogens (tertiary/aromatic N) is 1. The third kappa shape index (κ3) is 32.8. The van der Waals surface area contributed by atoms with Gasteiger partial charge in [-0.15, -0.1) is 0 Å². The smallest absolute Gasteiger partial charge is 0.421 e. The van der Waals surface area contributed by atoms with Crippen LogP contribution in [0.2, 0.25) is 0 Å². The van der Waals surface area contributed by atoms with Gasteiger partial charge in [-0.1, -0.05) is 95.4 Å². The van der Waals surface area contributed by atoms with Crippen molar-refractivity contribution in [1.82, 2.24) is 37.0 Å². The third-order valence-corrected chi connectivity index (χ3v) is 18.0. The molecule has 0 bridgehead atoms. The number of ether oxygens (including phenoxy) is 6. The summed E-state index contributed by atoms with van der Waals surface area (Å²) < 4.78 is 30.8. The summed E-state index contributed by atoms with van der Waals surface area (Å²) in [4.78, 5) is 73.7. The molecule has 3 aliphatic rings. The first kappa shape index (κ1) is 73.3. The van der Waals surface area contributed by atoms with Crippen LogP contribution in [0.15, 0.2) is 0 Å². The highest BCUT2D eigenvalue weighted by Gasteiger charge is 2.44. The van der Waals surface area contributed by atoms with Gasteiger partial charge in [-0.2, -0.15) is 23.5 Å². The molecule has 6 atom stereocenters. The van der Waals surface area contributed by atoms with Crippen molar-refractivity contribution in [2.75, 3.05) is 95.9 Å². The Labute approximate surface area is 496 Å². The molecular formula is C59H112N8O12S2. The molecular weight excluding hydrogens is 1080 g/mol. The van der Waals surface area contributed by atoms with Crippen molar-refractivity contribution in [3.05, 3.63) is 0 Å². The van der Waals surface area contributed by atoms with Crippen molar-refractivity contribution in [3.63, 3.8) is 0 Å². The normalized spacial score (nSPS) is 24.7. The van der Waals surface area contributed by atoms with E-state index in [0.717, 1.165) is 74.5 Å². The Kier molecular flexibility index (Phi) is 32.2. The Hall–Kier alpha value is -3.76. The summed E-state index contributed by atoms with van der Waals surface area (Å²) >= 11 is 3.77. The lowest BCUT2D eigenvalue weighted by Crippen LogP contribution is -2.51. The predicted molar refractivity (Wildman–Crippen MR) is 325 cm³/mol. The lowest BCUT2D eigenvalue weighted by molar-refractivity contribution is 0.0466. The number of thioether (sulfide) groups is 2. The zero-order valence-corrected chi connectivity index (χ0v) is 54.4. The summed E-state index contributed by atoms with van der Waals surface area (Å²) in [6.45, 7) is 34.1. The molecule has 6 unspecified atom stereocenters. The Morgan fingerprint density at radius 1 is 0.556 bits per heavy atom. The number of methoxy groups -OCH3 is 1. The first-order valence-corrected chi connectivity index (χ1v) is 32.1. The lowest BCUT2D eigenvalue weighted by Gasteiger charge is -2.46. The highest BCUT2D eigenvalue weighted by Crippen LogP contribution is 2.51. The Morgan fingerprint density at radius 2 is 1.04 bits per heavy atom. The fourth-order valence-corrected chi connectivity index (χ4v) is 15.0. The fraction of sp³-hybridized carbons (Fsp3) is 0.898. The quantitative estimate of drug-likeness (QED) is 0.0200. The molecule has 3 saturated carbocycles. The van der Waals surface area contributed by atoms with Crippen molar-refractivity contribution in [2.45, 2.75) is 204 Å². The highest BCUT2D eigenvalue weighted by atomic mass is 32.2. The average molecular weight is 1190 g/mol. The van der Waals surface area contributed by atoms with Crippen molar-refractivity contribution in [2.24, 2.45) is 44.1 Å². The van der Waals surface area contributed by atoms with Gasteiger partial charge in [0.15, 0.2) is 0 Å². The molecule has 0 radical (unpaired) electrons. The second-order valence-corrected chi connectivity index (χ2v) is 29.9. The molecule has 0 aromatic rings. The van der Waals surface area contributed by atoms with Crippen LogP contribution in [0.25, 0.3) is 0 Å². The van der Waals surface area contributed by atoms with Gasteiger partial charge in [-0.3, -0.25) is 10.3 Å². The summed E-state index contributed by atoms with van der Waals surface area (Å²) in [5.74, 6) is 4.96. The van der Waals surface area contributed by atoms with Gasteiger partial charge >= 0.3 is 36.6 Å². The van der Waals surface area contributed by atoms with Crippen LogP contribution in [0, 0.1) is 38.4 Å². The van der Waals surface area contributed by atoms with E-state index in [1.807, 2.05) is 44.3 Å². The van der Waals surface area contributed by atoms with E-state index >= 15 is 0 Å². The molecule has 3 rings (SSSR count). The van der Waals surface area contributed by atoms with Crippen LogP contribution in [0.5, 0.6) is 0 Å². The SMILES string of the molecule is CCCSCCSCCOC(=O)NC1CC(C)(C)CC(C)(CNC(=O)OCCOC(=O)NNCCCCC2CC(C)(C)CC(C)(CC)C2)C1.COC(=O)NCC1(C)CC(NC(=O)OCCN(CCOC(N)=O)C(C)(C)C)CC(C)(C)C1. The molecule has 3 fully saturated rings. The number of amides is 6. The van der Waals surface area contributed by atoms with Crippen LogP contribution >= 0.6 is 23.5 Å². The fourth-order valence-electron chi connectivity index (χ4n) is 13.2. The standard InChI is InChI=1S/C37H70N4O6S2.C22H42N4O6/c1-9-18-48-20-21-49-19-17-47-32(43)40-30-24-35(5,6)27-37(8,25-30)28-38-31(42)45-15-16-46-33(44)41-39-14-12-11-13-29-22-34(3,4)26-36(7,10-2)23-29;1-20(2,3)26(8-10-31-17(23)27)9-11-32-19(29)25-16-12-21(4,5)14-22(6,13-16)15-24-18(28)30-7/h29-30,39H,9-28H2,1-8H3,(H,38,42)(H,40,43)(H,41,44);16H,8-15H2,1-7H3,(H2,23,27)(H,24,28)(H,25,29). The minimum Gasteiger partial charge on any atom is -0.453 e. The summed E-state index contributed by atoms with van der Waals surface area (Å²) in [5, 5.41) is 11.7. The molecule has 81 heavy (non-hydrogen) atoms. The Bertz CT molecular complexity index is 1910. The van der Waals surface area contributed by atoms with Crippen LogP contribution < -0.4 is 37.9 Å². The van der Waals surface area contributed by atoms with Gasteiger partial charge in [-0.05, 0) is 136 Å². The number of rotatable bonds is 30. The monoisotopic (exact) mass is 1190 g/mol. The number of nitrogens with two attached hydrogens (primary N) is 1. The van der Waals surface area contributed by atoms with Gasteiger partial charge in [0.05, 0.1) is 7.11 Å². The van der Waals surface area contributed by atoms with Crippen LogP contribution in [0.1, 0.15) is 187 Å². The second kappa shape index (κ2) is 35.5. The number of carbonyl (C=O) groups is 6. The van der Waals surface area contributed by atoms with E-state index < -0.39 is 30.5 Å². The molecule has 6 amide bonds. The van der Waals surface area contributed by atoms with Crippen molar-refractivity contribution in [3.8, 4) is 0 Å². The number of alkyl carbamates (subject to hydrolysis) is 4. The number of primary amides is 1. The molecule has 0 aliphatic heterocycles. The number of hydrogen-bond donors (Lipinski definition) is 7. The van der Waals surface area contributed by atoms with Crippen molar-refractivity contribution < 1.29 is 57.2 Å². The molecule has 20 nitrogen and oxygen atoms in total. The van der Waals surface area contributed by atoms with Gasteiger partial charge in [0.1, 0.15) is 33.0 Å². The summed E-state index contributed by atoms with van der Waals surface area (Å²) in [6, 6.07) is -0.0995. The van der Waals surface area contributed by atoms with E-state index in [1.165, 1.54) is 51.4 Å². The van der Waals surface area contributed by atoms with Gasteiger partial charge in [0, 0.05) is 67.6 Å². The third-order valence-electron chi connectivity index (χ3n) is 15.7. The van der Waals surface area contributed by atoms with Gasteiger partial charge in [0.25, 0.3) is 0 Å². The molecule has 0 saturated heterocycles. The zero-order chi connectivity index (χ0) is 61.0. The number of unbranched alkanes of at least 4 members (excludes halogenated alkanes) is 1. The lowest BCUT2D eigenvalue weighted by atomic mass is 9.59. The number of hydrogen-bond acceptors (Lipinski definition) is 16. The maximum Gasteiger partial charge on any atom is 0.421 e. The average Bonchev–Trinajstić information content (AvgIpc) is 3.35. The first-order valence-electron chi connectivity index (χ1n) is 29.8. The summed E-state index contributed by atoms with van der Waals surface area (Å²) in [6.07, 6.45) is 11.4. The van der Waals surface area contributed by atoms with Gasteiger partial charge in [0.2, 0.25) is 0 Å². The zero-order valence-electron chi connectivity index (χ0n) is 52.8. The van der Waals surface area contributed by atoms with E-state index in [2.05, 4.69) is 118 Å².